The van der Waals surface area contributed by atoms with Crippen LogP contribution in [0.3, 0.4) is 0 Å². The van der Waals surface area contributed by atoms with Crippen molar-refractivity contribution in [1.29, 1.82) is 0 Å². The van der Waals surface area contributed by atoms with E-state index in [1.54, 1.807) is 6.92 Å². The highest BCUT2D eigenvalue weighted by atomic mass is 16.5. The molecule has 4 N–H and O–H groups in total. The van der Waals surface area contributed by atoms with Crippen LogP contribution in [0.1, 0.15) is 13.8 Å². The van der Waals surface area contributed by atoms with E-state index in [2.05, 4.69) is 0 Å². The minimum absolute atomic E-state index is 0.222. The third kappa shape index (κ3) is 1.07. The van der Waals surface area contributed by atoms with Gasteiger partial charge < -0.3 is 4.74 Å². The van der Waals surface area contributed by atoms with Crippen molar-refractivity contribution in [1.82, 2.24) is 5.01 Å². The van der Waals surface area contributed by atoms with Crippen LogP contribution in [0.15, 0.2) is 0 Å². The first-order valence-corrected chi connectivity index (χ1v) is 3.01. The van der Waals surface area contributed by atoms with Gasteiger partial charge in [-0.05, 0) is 13.8 Å². The van der Waals surface area contributed by atoms with Crippen molar-refractivity contribution in [2.24, 2.45) is 11.6 Å². The Bertz CT molecular complexity index is 115. The average Bonchev–Trinajstić information content (AvgIpc) is 1.97. The van der Waals surface area contributed by atoms with Gasteiger partial charge in [-0.3, -0.25) is 11.6 Å². The largest absolute Gasteiger partial charge is 0.345 e. The van der Waals surface area contributed by atoms with E-state index in [9.17, 15) is 0 Å². The standard InChI is InChI=1S/C5H13N3O/c1-4-3-9-5(2,6)8(4)7/h4H,3,6-7H2,1-2H3. The zero-order valence-corrected chi connectivity index (χ0v) is 5.79. The van der Waals surface area contributed by atoms with Gasteiger partial charge in [0.1, 0.15) is 0 Å². The fourth-order valence-corrected chi connectivity index (χ4v) is 0.882. The molecule has 1 heterocycles. The molecule has 0 bridgehead atoms. The highest BCUT2D eigenvalue weighted by Crippen LogP contribution is 2.17. The molecule has 2 atom stereocenters. The molecule has 4 nitrogen and oxygen atoms in total. The Hall–Kier alpha value is -0.160. The molecule has 1 saturated heterocycles. The molecule has 0 aliphatic carbocycles. The van der Waals surface area contributed by atoms with Crippen LogP contribution in [0, 0.1) is 0 Å². The van der Waals surface area contributed by atoms with Crippen molar-refractivity contribution in [2.45, 2.75) is 25.7 Å². The lowest BCUT2D eigenvalue weighted by atomic mass is 10.3. The maximum absolute atomic E-state index is 5.59. The van der Waals surface area contributed by atoms with Gasteiger partial charge in [-0.25, -0.2) is 0 Å². The molecular weight excluding hydrogens is 118 g/mol. The molecule has 0 radical (unpaired) electrons. The van der Waals surface area contributed by atoms with Crippen molar-refractivity contribution in [3.05, 3.63) is 0 Å². The molecule has 0 spiro atoms. The van der Waals surface area contributed by atoms with Crippen LogP contribution in [-0.4, -0.2) is 23.5 Å². The van der Waals surface area contributed by atoms with Crippen LogP contribution in [-0.2, 0) is 4.74 Å². The molecule has 1 rings (SSSR count). The maximum atomic E-state index is 5.59. The van der Waals surface area contributed by atoms with E-state index in [4.69, 9.17) is 16.3 Å². The normalized spacial score (nSPS) is 46.0. The minimum Gasteiger partial charge on any atom is -0.345 e. The number of hydrogen-bond donors (Lipinski definition) is 2. The van der Waals surface area contributed by atoms with Crippen molar-refractivity contribution >= 4 is 0 Å². The van der Waals surface area contributed by atoms with Crippen molar-refractivity contribution in [3.63, 3.8) is 0 Å². The third-order valence-electron chi connectivity index (χ3n) is 1.60. The molecule has 0 aromatic heterocycles. The van der Waals surface area contributed by atoms with Crippen LogP contribution in [0.25, 0.3) is 0 Å². The molecule has 2 unspecified atom stereocenters. The van der Waals surface area contributed by atoms with E-state index >= 15 is 0 Å². The Morgan fingerprint density at radius 1 is 1.78 bits per heavy atom. The zero-order chi connectivity index (χ0) is 7.07. The van der Waals surface area contributed by atoms with Gasteiger partial charge in [0, 0.05) is 6.04 Å². The summed E-state index contributed by atoms with van der Waals surface area (Å²) in [5.41, 5.74) is 5.59. The minimum atomic E-state index is -0.764. The van der Waals surface area contributed by atoms with Gasteiger partial charge >= 0.3 is 0 Å². The summed E-state index contributed by atoms with van der Waals surface area (Å²) in [6.45, 7) is 4.33. The monoisotopic (exact) mass is 131 g/mol. The number of nitrogens with zero attached hydrogens (tertiary/aromatic N) is 1. The van der Waals surface area contributed by atoms with Crippen LogP contribution in [0.5, 0.6) is 0 Å². The van der Waals surface area contributed by atoms with E-state index in [0.29, 0.717) is 6.61 Å². The maximum Gasteiger partial charge on any atom is 0.184 e. The highest BCUT2D eigenvalue weighted by Gasteiger charge is 2.36. The van der Waals surface area contributed by atoms with E-state index in [1.165, 1.54) is 5.01 Å². The molecule has 54 valence electrons. The summed E-state index contributed by atoms with van der Waals surface area (Å²) in [5, 5.41) is 1.52. The number of ether oxygens (including phenoxy) is 1. The van der Waals surface area contributed by atoms with Crippen LogP contribution in [0.4, 0.5) is 0 Å². The fourth-order valence-electron chi connectivity index (χ4n) is 0.882. The Morgan fingerprint density at radius 3 is 2.44 bits per heavy atom. The van der Waals surface area contributed by atoms with Crippen LogP contribution < -0.4 is 11.6 Å². The van der Waals surface area contributed by atoms with Gasteiger partial charge in [0.25, 0.3) is 0 Å². The van der Waals surface area contributed by atoms with E-state index in [-0.39, 0.29) is 6.04 Å². The lowest BCUT2D eigenvalue weighted by molar-refractivity contribution is -0.0647. The molecule has 4 heteroatoms. The summed E-state index contributed by atoms with van der Waals surface area (Å²) >= 11 is 0. The molecule has 1 fully saturated rings. The lowest BCUT2D eigenvalue weighted by Crippen LogP contribution is -2.55. The second kappa shape index (κ2) is 1.91. The lowest BCUT2D eigenvalue weighted by Gasteiger charge is -2.26. The van der Waals surface area contributed by atoms with Gasteiger partial charge in [-0.2, -0.15) is 5.01 Å². The van der Waals surface area contributed by atoms with Crippen molar-refractivity contribution in [2.75, 3.05) is 6.61 Å². The molecule has 0 aromatic carbocycles. The zero-order valence-electron chi connectivity index (χ0n) is 5.79. The predicted octanol–water partition coefficient (Wildman–Crippen LogP) is -0.787. The number of hydrazine groups is 1. The molecule has 1 aliphatic rings. The van der Waals surface area contributed by atoms with Gasteiger partial charge in [0.05, 0.1) is 6.61 Å². The topological polar surface area (TPSA) is 64.5 Å². The number of nitrogens with two attached hydrogens (primary N) is 2. The Labute approximate surface area is 54.7 Å². The first kappa shape index (κ1) is 6.95. The van der Waals surface area contributed by atoms with E-state index < -0.39 is 5.85 Å². The third-order valence-corrected chi connectivity index (χ3v) is 1.60. The Kier molecular flexibility index (Phi) is 1.48. The Balaban J connectivity index is 2.62. The van der Waals surface area contributed by atoms with Crippen molar-refractivity contribution < 1.29 is 4.74 Å². The first-order valence-electron chi connectivity index (χ1n) is 3.01. The first-order chi connectivity index (χ1) is 4.04. The van der Waals surface area contributed by atoms with Gasteiger partial charge in [0.2, 0.25) is 0 Å². The molecule has 0 saturated carbocycles. The number of hydrogen-bond acceptors (Lipinski definition) is 4. The second-order valence-corrected chi connectivity index (χ2v) is 2.62. The SMILES string of the molecule is CC1COC(C)(N)N1N. The molecule has 0 amide bonds. The molecular formula is C5H13N3O. The fraction of sp³-hybridized carbons (Fsp3) is 1.00. The second-order valence-electron chi connectivity index (χ2n) is 2.62. The smallest absolute Gasteiger partial charge is 0.184 e. The number of rotatable bonds is 0. The molecule has 0 aromatic rings. The van der Waals surface area contributed by atoms with Crippen molar-refractivity contribution in [3.8, 4) is 0 Å². The summed E-state index contributed by atoms with van der Waals surface area (Å²) in [5.74, 6) is 4.77. The summed E-state index contributed by atoms with van der Waals surface area (Å²) in [6, 6.07) is 0.222. The Morgan fingerprint density at radius 2 is 2.33 bits per heavy atom. The molecule has 1 aliphatic heterocycles. The predicted molar refractivity (Wildman–Crippen MR) is 34.0 cm³/mol. The van der Waals surface area contributed by atoms with Crippen LogP contribution in [0.2, 0.25) is 0 Å². The van der Waals surface area contributed by atoms with Gasteiger partial charge in [-0.15, -0.1) is 0 Å². The summed E-state index contributed by atoms with van der Waals surface area (Å²) in [4.78, 5) is 0. The average molecular weight is 131 g/mol. The van der Waals surface area contributed by atoms with Gasteiger partial charge in [-0.1, -0.05) is 0 Å². The van der Waals surface area contributed by atoms with Crippen LogP contribution >= 0.6 is 0 Å². The summed E-state index contributed by atoms with van der Waals surface area (Å²) < 4.78 is 5.14. The highest BCUT2D eigenvalue weighted by molar-refractivity contribution is 4.77. The quantitative estimate of drug-likeness (QED) is 0.423. The summed E-state index contributed by atoms with van der Waals surface area (Å²) in [7, 11) is 0. The molecule has 9 heavy (non-hydrogen) atoms. The van der Waals surface area contributed by atoms with Gasteiger partial charge in [0.15, 0.2) is 5.85 Å². The van der Waals surface area contributed by atoms with E-state index in [1.807, 2.05) is 6.92 Å². The van der Waals surface area contributed by atoms with E-state index in [0.717, 1.165) is 0 Å². The summed E-state index contributed by atoms with van der Waals surface area (Å²) in [6.07, 6.45) is 0.